The van der Waals surface area contributed by atoms with Crippen molar-refractivity contribution < 1.29 is 22.7 Å². The molecule has 0 spiro atoms. The molecule has 1 aliphatic rings. The number of aliphatic hydroxyl groups excluding tert-OH is 1. The zero-order valence-electron chi connectivity index (χ0n) is 13.1. The lowest BCUT2D eigenvalue weighted by molar-refractivity contribution is 0.167. The molecule has 8 heteroatoms. The predicted octanol–water partition coefficient (Wildman–Crippen LogP) is 2.92. The first-order valence-electron chi connectivity index (χ1n) is 7.83. The Morgan fingerprint density at radius 3 is 2.92 bits per heavy atom. The molecule has 130 valence electrons. The van der Waals surface area contributed by atoms with Gasteiger partial charge in [0.05, 0.1) is 18.9 Å². The van der Waals surface area contributed by atoms with Crippen molar-refractivity contribution in [1.29, 1.82) is 0 Å². The third-order valence-corrected chi connectivity index (χ3v) is 4.24. The average molecular weight is 347 g/mol. The minimum atomic E-state index is -0.639. The third kappa shape index (κ3) is 3.18. The van der Waals surface area contributed by atoms with Crippen LogP contribution < -0.4 is 0 Å². The number of benzene rings is 1. The molecule has 3 heterocycles. The maximum atomic E-state index is 14.1. The second-order valence-corrected chi connectivity index (χ2v) is 5.98. The lowest BCUT2D eigenvalue weighted by Crippen LogP contribution is -2.25. The van der Waals surface area contributed by atoms with Gasteiger partial charge in [-0.15, -0.1) is 10.2 Å². The maximum Gasteiger partial charge on any atom is 0.283 e. The topological polar surface area (TPSA) is 75.5 Å². The minimum Gasteiger partial charge on any atom is -0.459 e. The van der Waals surface area contributed by atoms with Gasteiger partial charge < -0.3 is 13.9 Å². The third-order valence-electron chi connectivity index (χ3n) is 4.24. The molecule has 1 saturated heterocycles. The number of hydrogen-bond donors (Lipinski definition) is 1. The van der Waals surface area contributed by atoms with Gasteiger partial charge in [-0.05, 0) is 36.8 Å². The molecule has 2 atom stereocenters. The number of hydrogen-bond acceptors (Lipinski definition) is 6. The summed E-state index contributed by atoms with van der Waals surface area (Å²) in [5, 5.41) is 17.9. The lowest BCUT2D eigenvalue weighted by atomic mass is 10.0. The summed E-state index contributed by atoms with van der Waals surface area (Å²) in [5.74, 6) is -0.0218. The Balaban J connectivity index is 1.57. The maximum absolute atomic E-state index is 14.1. The SMILES string of the molecule is O[C@@H]1C[C@H](c2cc(F)ccc2F)N(Cc2nnc(-c3ccco3)o2)C1. The first-order valence-corrected chi connectivity index (χ1v) is 7.83. The van der Waals surface area contributed by atoms with Crippen LogP contribution in [0.25, 0.3) is 11.7 Å². The van der Waals surface area contributed by atoms with Crippen LogP contribution in [0.2, 0.25) is 0 Å². The van der Waals surface area contributed by atoms with Gasteiger partial charge in [-0.1, -0.05) is 0 Å². The molecule has 3 aromatic rings. The molecular formula is C17H15F2N3O3. The highest BCUT2D eigenvalue weighted by Crippen LogP contribution is 2.35. The van der Waals surface area contributed by atoms with Crippen molar-refractivity contribution in [1.82, 2.24) is 15.1 Å². The molecule has 0 unspecified atom stereocenters. The van der Waals surface area contributed by atoms with Gasteiger partial charge in [0.25, 0.3) is 5.89 Å². The van der Waals surface area contributed by atoms with Crippen molar-refractivity contribution in [3.63, 3.8) is 0 Å². The summed E-state index contributed by atoms with van der Waals surface area (Å²) in [7, 11) is 0. The molecule has 0 aliphatic carbocycles. The Kier molecular flexibility index (Phi) is 4.06. The lowest BCUT2D eigenvalue weighted by Gasteiger charge is -2.23. The molecule has 1 N–H and O–H groups in total. The Morgan fingerprint density at radius 2 is 2.12 bits per heavy atom. The number of aromatic nitrogens is 2. The van der Waals surface area contributed by atoms with E-state index < -0.39 is 23.8 Å². The second kappa shape index (κ2) is 6.38. The molecule has 6 nitrogen and oxygen atoms in total. The highest BCUT2D eigenvalue weighted by Gasteiger charge is 2.34. The van der Waals surface area contributed by atoms with Crippen molar-refractivity contribution in [2.24, 2.45) is 0 Å². The molecule has 0 radical (unpaired) electrons. The summed E-state index contributed by atoms with van der Waals surface area (Å²) >= 11 is 0. The standard InChI is InChI=1S/C17H15F2N3O3/c18-10-3-4-13(19)12(6-10)14-7-11(23)8-22(14)9-16-20-21-17(25-16)15-2-1-5-24-15/h1-6,11,14,23H,7-9H2/t11-,14-/m1/s1. The van der Waals surface area contributed by atoms with E-state index in [2.05, 4.69) is 10.2 Å². The molecule has 1 aliphatic heterocycles. The Morgan fingerprint density at radius 1 is 1.24 bits per heavy atom. The van der Waals surface area contributed by atoms with Crippen LogP contribution in [0.1, 0.15) is 23.9 Å². The second-order valence-electron chi connectivity index (χ2n) is 5.98. The molecule has 1 fully saturated rings. The normalized spacial score (nSPS) is 21.1. The van der Waals surface area contributed by atoms with Crippen molar-refractivity contribution in [2.75, 3.05) is 6.54 Å². The smallest absolute Gasteiger partial charge is 0.283 e. The summed E-state index contributed by atoms with van der Waals surface area (Å²) in [4.78, 5) is 1.79. The summed E-state index contributed by atoms with van der Waals surface area (Å²) in [5.41, 5.74) is 0.210. The number of aliphatic hydroxyl groups is 1. The van der Waals surface area contributed by atoms with E-state index in [0.717, 1.165) is 18.2 Å². The van der Waals surface area contributed by atoms with Crippen LogP contribution in [0, 0.1) is 11.6 Å². The van der Waals surface area contributed by atoms with E-state index in [1.807, 2.05) is 0 Å². The van der Waals surface area contributed by atoms with Crippen LogP contribution in [-0.2, 0) is 6.54 Å². The van der Waals surface area contributed by atoms with Gasteiger partial charge in [-0.3, -0.25) is 4.90 Å². The highest BCUT2D eigenvalue weighted by molar-refractivity contribution is 5.42. The zero-order valence-corrected chi connectivity index (χ0v) is 13.1. The fourth-order valence-electron chi connectivity index (χ4n) is 3.14. The van der Waals surface area contributed by atoms with Crippen LogP contribution >= 0.6 is 0 Å². The van der Waals surface area contributed by atoms with Gasteiger partial charge in [0.1, 0.15) is 11.6 Å². The molecule has 4 rings (SSSR count). The van der Waals surface area contributed by atoms with Crippen LogP contribution in [0.3, 0.4) is 0 Å². The van der Waals surface area contributed by atoms with Crippen LogP contribution in [0.4, 0.5) is 8.78 Å². The summed E-state index contributed by atoms with van der Waals surface area (Å²) < 4.78 is 38.4. The highest BCUT2D eigenvalue weighted by atomic mass is 19.1. The Labute approximate surface area is 141 Å². The number of β-amino-alcohol motifs (C(OH)–C–C–N with tert-alkyl or cyclic N) is 1. The number of nitrogens with zero attached hydrogens (tertiary/aromatic N) is 3. The molecular weight excluding hydrogens is 332 g/mol. The number of furan rings is 1. The molecule has 0 amide bonds. The van der Waals surface area contributed by atoms with Crippen LogP contribution in [-0.4, -0.2) is 32.9 Å². The molecule has 25 heavy (non-hydrogen) atoms. The fraction of sp³-hybridized carbons (Fsp3) is 0.294. The van der Waals surface area contributed by atoms with Crippen molar-refractivity contribution in [3.05, 3.63) is 59.7 Å². The summed E-state index contributed by atoms with van der Waals surface area (Å²) in [6, 6.07) is 6.26. The van der Waals surface area contributed by atoms with Crippen molar-refractivity contribution >= 4 is 0 Å². The Bertz CT molecular complexity index is 866. The van der Waals surface area contributed by atoms with Gasteiger partial charge in [-0.25, -0.2) is 8.78 Å². The molecule has 0 bridgehead atoms. The number of halogens is 2. The van der Waals surface area contributed by atoms with E-state index in [4.69, 9.17) is 8.83 Å². The molecule has 2 aromatic heterocycles. The number of likely N-dealkylation sites (tertiary alicyclic amines) is 1. The zero-order chi connectivity index (χ0) is 17.4. The Hall–Kier alpha value is -2.58. The quantitative estimate of drug-likeness (QED) is 0.782. The van der Waals surface area contributed by atoms with Gasteiger partial charge in [-0.2, -0.15) is 0 Å². The van der Waals surface area contributed by atoms with Crippen LogP contribution in [0.5, 0.6) is 0 Å². The number of rotatable bonds is 4. The largest absolute Gasteiger partial charge is 0.459 e. The van der Waals surface area contributed by atoms with E-state index in [0.29, 0.717) is 24.6 Å². The predicted molar refractivity (Wildman–Crippen MR) is 82.1 cm³/mol. The van der Waals surface area contributed by atoms with E-state index in [1.165, 1.54) is 6.26 Å². The summed E-state index contributed by atoms with van der Waals surface area (Å²) in [6.07, 6.45) is 1.17. The first-order chi connectivity index (χ1) is 12.1. The first kappa shape index (κ1) is 15.9. The van der Waals surface area contributed by atoms with Gasteiger partial charge in [0.2, 0.25) is 5.89 Å². The molecule has 1 aromatic carbocycles. The summed E-state index contributed by atoms with van der Waals surface area (Å²) in [6.45, 7) is 0.518. The van der Waals surface area contributed by atoms with E-state index in [1.54, 1.807) is 17.0 Å². The van der Waals surface area contributed by atoms with E-state index >= 15 is 0 Å². The van der Waals surface area contributed by atoms with Crippen LogP contribution in [0.15, 0.2) is 45.4 Å². The van der Waals surface area contributed by atoms with Crippen molar-refractivity contribution in [3.8, 4) is 11.7 Å². The minimum absolute atomic E-state index is 0.210. The van der Waals surface area contributed by atoms with E-state index in [9.17, 15) is 13.9 Å². The monoisotopic (exact) mass is 347 g/mol. The molecule has 0 saturated carbocycles. The van der Waals surface area contributed by atoms with Gasteiger partial charge in [0.15, 0.2) is 5.76 Å². The van der Waals surface area contributed by atoms with E-state index in [-0.39, 0.29) is 18.0 Å². The fourth-order valence-corrected chi connectivity index (χ4v) is 3.14. The average Bonchev–Trinajstić information content (AvgIpc) is 3.30. The van der Waals surface area contributed by atoms with Gasteiger partial charge >= 0.3 is 0 Å². The van der Waals surface area contributed by atoms with Crippen molar-refractivity contribution in [2.45, 2.75) is 25.1 Å². The van der Waals surface area contributed by atoms with Gasteiger partial charge in [0, 0.05) is 18.2 Å².